The van der Waals surface area contributed by atoms with E-state index in [1.165, 1.54) is 0 Å². The molecular weight excluding hydrogens is 316 g/mol. The van der Waals surface area contributed by atoms with E-state index in [1.54, 1.807) is 0 Å². The summed E-state index contributed by atoms with van der Waals surface area (Å²) in [7, 11) is 0. The van der Waals surface area contributed by atoms with Gasteiger partial charge in [0, 0.05) is 31.1 Å². The molecule has 1 aromatic carbocycles. The van der Waals surface area contributed by atoms with Crippen LogP contribution in [0.15, 0.2) is 24.3 Å². The Morgan fingerprint density at radius 3 is 2.40 bits per heavy atom. The number of carbonyl (C=O) groups is 2. The predicted octanol–water partition coefficient (Wildman–Crippen LogP) is 2.95. The van der Waals surface area contributed by atoms with Crippen molar-refractivity contribution in [2.24, 2.45) is 5.92 Å². The number of hydrogen-bond acceptors (Lipinski definition) is 3. The van der Waals surface area contributed by atoms with Crippen LogP contribution < -0.4 is 4.74 Å². The Labute approximate surface area is 149 Å². The lowest BCUT2D eigenvalue weighted by Gasteiger charge is -2.26. The molecule has 25 heavy (non-hydrogen) atoms. The molecule has 2 saturated heterocycles. The first-order valence-corrected chi connectivity index (χ1v) is 9.39. The van der Waals surface area contributed by atoms with Crippen LogP contribution in [0.4, 0.5) is 0 Å². The van der Waals surface area contributed by atoms with Crippen LogP contribution in [0.3, 0.4) is 0 Å². The summed E-state index contributed by atoms with van der Waals surface area (Å²) in [6.45, 7) is 6.94. The average Bonchev–Trinajstić information content (AvgIpc) is 3.30. The van der Waals surface area contributed by atoms with Crippen molar-refractivity contribution < 1.29 is 14.3 Å². The second-order valence-corrected chi connectivity index (χ2v) is 7.32. The fraction of sp³-hybridized carbons (Fsp3) is 0.600. The van der Waals surface area contributed by atoms with Crippen molar-refractivity contribution in [3.63, 3.8) is 0 Å². The highest BCUT2D eigenvalue weighted by Gasteiger charge is 2.30. The molecule has 2 aliphatic rings. The van der Waals surface area contributed by atoms with Crippen molar-refractivity contribution in [3.8, 4) is 5.75 Å². The summed E-state index contributed by atoms with van der Waals surface area (Å²) in [5.74, 6) is 1.09. The minimum Gasteiger partial charge on any atom is -0.491 e. The normalized spacial score (nSPS) is 20.4. The smallest absolute Gasteiger partial charge is 0.253 e. The van der Waals surface area contributed by atoms with E-state index in [-0.39, 0.29) is 23.8 Å². The lowest BCUT2D eigenvalue weighted by molar-refractivity contribution is -0.135. The lowest BCUT2D eigenvalue weighted by Crippen LogP contribution is -2.41. The van der Waals surface area contributed by atoms with Crippen molar-refractivity contribution in [2.75, 3.05) is 26.2 Å². The minimum absolute atomic E-state index is 0.0245. The van der Waals surface area contributed by atoms with E-state index in [4.69, 9.17) is 4.74 Å². The summed E-state index contributed by atoms with van der Waals surface area (Å²) in [4.78, 5) is 28.4. The van der Waals surface area contributed by atoms with Gasteiger partial charge in [0.1, 0.15) is 12.4 Å². The summed E-state index contributed by atoms with van der Waals surface area (Å²) in [5.41, 5.74) is 0.715. The number of hydrogen-bond donors (Lipinski definition) is 0. The van der Waals surface area contributed by atoms with Gasteiger partial charge in [-0.15, -0.1) is 0 Å². The van der Waals surface area contributed by atoms with Gasteiger partial charge in [0.15, 0.2) is 0 Å². The van der Waals surface area contributed by atoms with E-state index in [0.717, 1.165) is 51.1 Å². The SMILES string of the molecule is CC(C)C(=O)N1CCC[C@H]1COc1ccc(C(=O)N2CCCC2)cc1. The number of benzene rings is 1. The maximum atomic E-state index is 12.3. The number of nitrogens with zero attached hydrogens (tertiary/aromatic N) is 2. The van der Waals surface area contributed by atoms with Gasteiger partial charge in [-0.25, -0.2) is 0 Å². The standard InChI is InChI=1S/C20H28N2O3/c1-15(2)19(23)22-13-5-6-17(22)14-25-18-9-7-16(8-10-18)20(24)21-11-3-4-12-21/h7-10,15,17H,3-6,11-14H2,1-2H3/t17-/m0/s1. The third kappa shape index (κ3) is 4.14. The van der Waals surface area contributed by atoms with Gasteiger partial charge in [-0.2, -0.15) is 0 Å². The highest BCUT2D eigenvalue weighted by atomic mass is 16.5. The second-order valence-electron chi connectivity index (χ2n) is 7.32. The molecule has 0 saturated carbocycles. The number of ether oxygens (including phenoxy) is 1. The van der Waals surface area contributed by atoms with E-state index in [2.05, 4.69) is 0 Å². The molecule has 0 N–H and O–H groups in total. The van der Waals surface area contributed by atoms with Gasteiger partial charge in [-0.05, 0) is 49.9 Å². The Bertz CT molecular complexity index is 606. The largest absolute Gasteiger partial charge is 0.491 e. The van der Waals surface area contributed by atoms with Crippen LogP contribution in [0.25, 0.3) is 0 Å². The van der Waals surface area contributed by atoms with E-state index >= 15 is 0 Å². The lowest BCUT2D eigenvalue weighted by atomic mass is 10.1. The number of rotatable bonds is 5. The van der Waals surface area contributed by atoms with Gasteiger partial charge in [0.25, 0.3) is 5.91 Å². The van der Waals surface area contributed by atoms with Crippen molar-refractivity contribution in [2.45, 2.75) is 45.6 Å². The fourth-order valence-electron chi connectivity index (χ4n) is 3.62. The van der Waals surface area contributed by atoms with Crippen LogP contribution in [-0.2, 0) is 4.79 Å². The molecule has 0 radical (unpaired) electrons. The number of amides is 2. The molecule has 2 aliphatic heterocycles. The fourth-order valence-corrected chi connectivity index (χ4v) is 3.62. The van der Waals surface area contributed by atoms with E-state index in [1.807, 2.05) is 47.9 Å². The zero-order valence-electron chi connectivity index (χ0n) is 15.2. The van der Waals surface area contributed by atoms with Gasteiger partial charge in [-0.3, -0.25) is 9.59 Å². The van der Waals surface area contributed by atoms with Crippen molar-refractivity contribution >= 4 is 11.8 Å². The third-order valence-corrected chi connectivity index (χ3v) is 5.09. The molecule has 0 aliphatic carbocycles. The number of carbonyl (C=O) groups excluding carboxylic acids is 2. The van der Waals surface area contributed by atoms with Crippen molar-refractivity contribution in [1.29, 1.82) is 0 Å². The Morgan fingerprint density at radius 2 is 1.76 bits per heavy atom. The molecule has 1 atom stereocenters. The van der Waals surface area contributed by atoms with Gasteiger partial charge in [0.05, 0.1) is 6.04 Å². The molecule has 2 heterocycles. The Kier molecular flexibility index (Phi) is 5.61. The second kappa shape index (κ2) is 7.89. The van der Waals surface area contributed by atoms with Crippen molar-refractivity contribution in [1.82, 2.24) is 9.80 Å². The van der Waals surface area contributed by atoms with Gasteiger partial charge in [-0.1, -0.05) is 13.8 Å². The summed E-state index contributed by atoms with van der Waals surface area (Å²) >= 11 is 0. The molecule has 0 spiro atoms. The van der Waals surface area contributed by atoms with Crippen LogP contribution in [0.5, 0.6) is 5.75 Å². The van der Waals surface area contributed by atoms with Gasteiger partial charge in [0.2, 0.25) is 5.91 Å². The third-order valence-electron chi connectivity index (χ3n) is 5.09. The van der Waals surface area contributed by atoms with Crippen LogP contribution in [0.2, 0.25) is 0 Å². The molecule has 3 rings (SSSR count). The molecule has 0 aromatic heterocycles. The van der Waals surface area contributed by atoms with Crippen LogP contribution in [0, 0.1) is 5.92 Å². The van der Waals surface area contributed by atoms with Gasteiger partial charge < -0.3 is 14.5 Å². The van der Waals surface area contributed by atoms with E-state index in [0.29, 0.717) is 12.2 Å². The highest BCUT2D eigenvalue weighted by molar-refractivity contribution is 5.94. The van der Waals surface area contributed by atoms with Crippen molar-refractivity contribution in [3.05, 3.63) is 29.8 Å². The highest BCUT2D eigenvalue weighted by Crippen LogP contribution is 2.22. The molecule has 136 valence electrons. The van der Waals surface area contributed by atoms with E-state index in [9.17, 15) is 9.59 Å². The van der Waals surface area contributed by atoms with Crippen LogP contribution in [0.1, 0.15) is 49.9 Å². The Balaban J connectivity index is 1.55. The number of likely N-dealkylation sites (tertiary alicyclic amines) is 2. The first-order chi connectivity index (χ1) is 12.1. The summed E-state index contributed by atoms with van der Waals surface area (Å²) in [6, 6.07) is 7.53. The molecule has 2 amide bonds. The quantitative estimate of drug-likeness (QED) is 0.825. The Morgan fingerprint density at radius 1 is 1.08 bits per heavy atom. The Hall–Kier alpha value is -2.04. The van der Waals surface area contributed by atoms with E-state index < -0.39 is 0 Å². The summed E-state index contributed by atoms with van der Waals surface area (Å²) in [6.07, 6.45) is 4.22. The maximum Gasteiger partial charge on any atom is 0.253 e. The van der Waals surface area contributed by atoms with Crippen LogP contribution in [-0.4, -0.2) is 53.9 Å². The first-order valence-electron chi connectivity index (χ1n) is 9.39. The zero-order valence-corrected chi connectivity index (χ0v) is 15.2. The molecule has 5 nitrogen and oxygen atoms in total. The van der Waals surface area contributed by atoms with Crippen LogP contribution >= 0.6 is 0 Å². The van der Waals surface area contributed by atoms with Gasteiger partial charge >= 0.3 is 0 Å². The monoisotopic (exact) mass is 344 g/mol. The topological polar surface area (TPSA) is 49.9 Å². The summed E-state index contributed by atoms with van der Waals surface area (Å²) < 4.78 is 5.89. The molecular formula is C20H28N2O3. The minimum atomic E-state index is 0.0245. The predicted molar refractivity (Wildman–Crippen MR) is 96.6 cm³/mol. The zero-order chi connectivity index (χ0) is 17.8. The summed E-state index contributed by atoms with van der Waals surface area (Å²) in [5, 5.41) is 0. The maximum absolute atomic E-state index is 12.3. The first kappa shape index (κ1) is 17.8. The average molecular weight is 344 g/mol. The molecule has 5 heteroatoms. The molecule has 0 bridgehead atoms. The molecule has 2 fully saturated rings. The molecule has 1 aromatic rings. The molecule has 0 unspecified atom stereocenters.